The predicted octanol–water partition coefficient (Wildman–Crippen LogP) is 1.75. The molecule has 1 fully saturated rings. The average molecular weight is 209 g/mol. The number of nitrogens with one attached hydrogen (secondary N) is 1. The summed E-state index contributed by atoms with van der Waals surface area (Å²) in [5, 5.41) is 12.3. The van der Waals surface area contributed by atoms with E-state index in [-0.39, 0.29) is 6.04 Å². The van der Waals surface area contributed by atoms with Crippen molar-refractivity contribution in [1.29, 1.82) is 5.26 Å². The normalized spacial score (nSPS) is 17.7. The fraction of sp³-hybridized carbons (Fsp3) is 0.917. The summed E-state index contributed by atoms with van der Waals surface area (Å²) in [6.07, 6.45) is 5.96. The molecule has 0 spiro atoms. The fourth-order valence-corrected chi connectivity index (χ4v) is 1.61. The molecule has 3 heteroatoms. The van der Waals surface area contributed by atoms with E-state index in [0.29, 0.717) is 6.04 Å². The molecule has 1 aliphatic rings. The molecule has 1 unspecified atom stereocenters. The van der Waals surface area contributed by atoms with Gasteiger partial charge in [0.25, 0.3) is 0 Å². The molecule has 0 aromatic rings. The van der Waals surface area contributed by atoms with Gasteiger partial charge in [-0.25, -0.2) is 0 Å². The van der Waals surface area contributed by atoms with Gasteiger partial charge in [0.15, 0.2) is 0 Å². The van der Waals surface area contributed by atoms with Crippen LogP contribution >= 0.6 is 0 Å². The first-order chi connectivity index (χ1) is 7.26. The lowest BCUT2D eigenvalue weighted by atomic mass is 10.2. The van der Waals surface area contributed by atoms with Crippen molar-refractivity contribution in [3.8, 4) is 6.07 Å². The maximum absolute atomic E-state index is 8.96. The van der Waals surface area contributed by atoms with Crippen LogP contribution in [0.1, 0.15) is 39.0 Å². The molecule has 0 aromatic heterocycles. The molecule has 1 aliphatic carbocycles. The van der Waals surface area contributed by atoms with Crippen LogP contribution in [0.5, 0.6) is 0 Å². The van der Waals surface area contributed by atoms with Gasteiger partial charge in [-0.05, 0) is 39.3 Å². The maximum Gasteiger partial charge on any atom is 0.0967 e. The Bertz CT molecular complexity index is 205. The highest BCUT2D eigenvalue weighted by molar-refractivity contribution is 4.95. The van der Waals surface area contributed by atoms with Crippen molar-refractivity contribution in [1.82, 2.24) is 10.2 Å². The van der Waals surface area contributed by atoms with Crippen LogP contribution < -0.4 is 5.32 Å². The summed E-state index contributed by atoms with van der Waals surface area (Å²) in [5.41, 5.74) is 0. The Morgan fingerprint density at radius 3 is 2.73 bits per heavy atom. The van der Waals surface area contributed by atoms with E-state index in [1.165, 1.54) is 25.7 Å². The highest BCUT2D eigenvalue weighted by Crippen LogP contribution is 2.19. The maximum atomic E-state index is 8.96. The molecule has 0 radical (unpaired) electrons. The standard InChI is InChI=1S/C12H23N3/c1-3-4-8-15(2)9-7-12(10-13)14-11-5-6-11/h11-12,14H,3-9H2,1-2H3. The number of nitriles is 1. The summed E-state index contributed by atoms with van der Waals surface area (Å²) in [6, 6.07) is 3.04. The van der Waals surface area contributed by atoms with Crippen LogP contribution in [0.3, 0.4) is 0 Å². The lowest BCUT2D eigenvalue weighted by Gasteiger charge is -2.18. The van der Waals surface area contributed by atoms with Crippen LogP contribution in [-0.2, 0) is 0 Å². The molecule has 0 aromatic carbocycles. The minimum Gasteiger partial charge on any atom is -0.306 e. The summed E-state index contributed by atoms with van der Waals surface area (Å²) >= 11 is 0. The van der Waals surface area contributed by atoms with Crippen molar-refractivity contribution in [2.75, 3.05) is 20.1 Å². The van der Waals surface area contributed by atoms with Crippen molar-refractivity contribution in [3.05, 3.63) is 0 Å². The smallest absolute Gasteiger partial charge is 0.0967 e. The fourth-order valence-electron chi connectivity index (χ4n) is 1.61. The topological polar surface area (TPSA) is 39.1 Å². The number of hydrogen-bond donors (Lipinski definition) is 1. The van der Waals surface area contributed by atoms with Gasteiger partial charge >= 0.3 is 0 Å². The van der Waals surface area contributed by atoms with E-state index < -0.39 is 0 Å². The number of rotatable bonds is 8. The number of nitrogens with zero attached hydrogens (tertiary/aromatic N) is 2. The molecule has 1 rings (SSSR count). The minimum absolute atomic E-state index is 0.0570. The third-order valence-electron chi connectivity index (χ3n) is 2.86. The van der Waals surface area contributed by atoms with Gasteiger partial charge in [-0.2, -0.15) is 5.26 Å². The second-order valence-corrected chi connectivity index (χ2v) is 4.57. The van der Waals surface area contributed by atoms with Gasteiger partial charge in [0, 0.05) is 12.6 Å². The van der Waals surface area contributed by atoms with Gasteiger partial charge in [0.05, 0.1) is 12.1 Å². The van der Waals surface area contributed by atoms with Gasteiger partial charge < -0.3 is 4.90 Å². The summed E-state index contributed by atoms with van der Waals surface area (Å²) < 4.78 is 0. The van der Waals surface area contributed by atoms with Crippen molar-refractivity contribution >= 4 is 0 Å². The van der Waals surface area contributed by atoms with E-state index in [2.05, 4.69) is 30.3 Å². The Labute approximate surface area is 93.5 Å². The van der Waals surface area contributed by atoms with E-state index in [9.17, 15) is 0 Å². The summed E-state index contributed by atoms with van der Waals surface area (Å²) in [6.45, 7) is 4.39. The quantitative estimate of drug-likeness (QED) is 0.662. The highest BCUT2D eigenvalue weighted by Gasteiger charge is 2.24. The molecule has 0 amide bonds. The SMILES string of the molecule is CCCCN(C)CCC(C#N)NC1CC1. The molecule has 15 heavy (non-hydrogen) atoms. The Balaban J connectivity index is 2.07. The van der Waals surface area contributed by atoms with E-state index in [4.69, 9.17) is 5.26 Å². The Morgan fingerprint density at radius 1 is 1.47 bits per heavy atom. The van der Waals surface area contributed by atoms with Gasteiger partial charge in [-0.3, -0.25) is 5.32 Å². The first kappa shape index (κ1) is 12.5. The first-order valence-corrected chi connectivity index (χ1v) is 6.10. The molecule has 0 heterocycles. The first-order valence-electron chi connectivity index (χ1n) is 6.10. The van der Waals surface area contributed by atoms with Crippen LogP contribution in [0.25, 0.3) is 0 Å². The van der Waals surface area contributed by atoms with Gasteiger partial charge in [0.1, 0.15) is 0 Å². The third-order valence-corrected chi connectivity index (χ3v) is 2.86. The zero-order valence-corrected chi connectivity index (χ0v) is 10.00. The second-order valence-electron chi connectivity index (χ2n) is 4.57. The molecule has 3 nitrogen and oxygen atoms in total. The molecule has 1 atom stereocenters. The molecule has 1 N–H and O–H groups in total. The van der Waals surface area contributed by atoms with Crippen molar-refractivity contribution in [3.63, 3.8) is 0 Å². The molecular formula is C12H23N3. The molecule has 86 valence electrons. The van der Waals surface area contributed by atoms with Gasteiger partial charge in [-0.1, -0.05) is 13.3 Å². The van der Waals surface area contributed by atoms with Crippen LogP contribution in [-0.4, -0.2) is 37.1 Å². The molecule has 0 aliphatic heterocycles. The Hall–Kier alpha value is -0.590. The van der Waals surface area contributed by atoms with E-state index in [1.54, 1.807) is 0 Å². The highest BCUT2D eigenvalue weighted by atomic mass is 15.1. The summed E-state index contributed by atoms with van der Waals surface area (Å²) in [4.78, 5) is 2.32. The zero-order chi connectivity index (χ0) is 11.1. The lowest BCUT2D eigenvalue weighted by molar-refractivity contribution is 0.312. The van der Waals surface area contributed by atoms with Crippen molar-refractivity contribution < 1.29 is 0 Å². The largest absolute Gasteiger partial charge is 0.306 e. The molecule has 0 bridgehead atoms. The van der Waals surface area contributed by atoms with Crippen molar-refractivity contribution in [2.24, 2.45) is 0 Å². The van der Waals surface area contributed by atoms with E-state index in [0.717, 1.165) is 19.5 Å². The van der Waals surface area contributed by atoms with Crippen LogP contribution in [0, 0.1) is 11.3 Å². The monoisotopic (exact) mass is 209 g/mol. The number of hydrogen-bond acceptors (Lipinski definition) is 3. The third kappa shape index (κ3) is 5.76. The molecule has 0 saturated heterocycles. The second kappa shape index (κ2) is 6.81. The molecule has 1 saturated carbocycles. The predicted molar refractivity (Wildman–Crippen MR) is 62.6 cm³/mol. The summed E-state index contributed by atoms with van der Waals surface area (Å²) in [5.74, 6) is 0. The van der Waals surface area contributed by atoms with E-state index >= 15 is 0 Å². The van der Waals surface area contributed by atoms with Crippen LogP contribution in [0.15, 0.2) is 0 Å². The average Bonchev–Trinajstić information content (AvgIpc) is 3.04. The summed E-state index contributed by atoms with van der Waals surface area (Å²) in [7, 11) is 2.14. The zero-order valence-electron chi connectivity index (χ0n) is 10.00. The van der Waals surface area contributed by atoms with Crippen LogP contribution in [0.4, 0.5) is 0 Å². The number of unbranched alkanes of at least 4 members (excludes halogenated alkanes) is 1. The van der Waals surface area contributed by atoms with Crippen LogP contribution in [0.2, 0.25) is 0 Å². The van der Waals surface area contributed by atoms with Gasteiger partial charge in [-0.15, -0.1) is 0 Å². The molecular weight excluding hydrogens is 186 g/mol. The minimum atomic E-state index is 0.0570. The van der Waals surface area contributed by atoms with Gasteiger partial charge in [0.2, 0.25) is 0 Å². The Morgan fingerprint density at radius 2 is 2.20 bits per heavy atom. The van der Waals surface area contributed by atoms with E-state index in [1.807, 2.05) is 0 Å². The Kier molecular flexibility index (Phi) is 5.67. The van der Waals surface area contributed by atoms with Crippen molar-refractivity contribution in [2.45, 2.75) is 51.1 Å². The lowest BCUT2D eigenvalue weighted by Crippen LogP contribution is -2.33.